The molecule has 0 saturated heterocycles. The van der Waals surface area contributed by atoms with Crippen LogP contribution in [0, 0.1) is 0 Å². The average Bonchev–Trinajstić information content (AvgIpc) is 2.12. The first-order valence-electron chi connectivity index (χ1n) is 5.77. The van der Waals surface area contributed by atoms with Crippen LogP contribution in [0.25, 0.3) is 0 Å². The van der Waals surface area contributed by atoms with Gasteiger partial charge in [-0.2, -0.15) is 0 Å². The van der Waals surface area contributed by atoms with Gasteiger partial charge in [-0.25, -0.2) is 0 Å². The third-order valence-corrected chi connectivity index (χ3v) is 12.8. The van der Waals surface area contributed by atoms with Crippen LogP contribution in [0.3, 0.4) is 0 Å². The molecule has 0 aliphatic heterocycles. The molecule has 0 fully saturated rings. The molecule has 0 spiro atoms. The molecule has 0 rings (SSSR count). The number of nitrogens with zero attached hydrogens (tertiary/aromatic N) is 4. The van der Waals surface area contributed by atoms with Crippen LogP contribution in [0.5, 0.6) is 0 Å². The number of hydrogen-bond acceptors (Lipinski definition) is 1. The van der Waals surface area contributed by atoms with Gasteiger partial charge in [-0.15, -0.1) is 0 Å². The fraction of sp³-hybridized carbons (Fsp3) is 1.00. The first-order chi connectivity index (χ1) is 7.10. The van der Waals surface area contributed by atoms with Gasteiger partial charge in [-0.3, -0.25) is 0 Å². The Morgan fingerprint density at radius 3 is 1.38 bits per heavy atom. The Morgan fingerprint density at radius 2 is 1.19 bits per heavy atom. The molecule has 4 nitrogen and oxygen atoms in total. The Morgan fingerprint density at radius 1 is 0.875 bits per heavy atom. The second kappa shape index (κ2) is 5.85. The van der Waals surface area contributed by atoms with Gasteiger partial charge in [-0.1, -0.05) is 0 Å². The summed E-state index contributed by atoms with van der Waals surface area (Å²) < 4.78 is 12.3. The van der Waals surface area contributed by atoms with E-state index in [4.69, 9.17) is 3.34 Å². The Labute approximate surface area is 106 Å². The summed E-state index contributed by atoms with van der Waals surface area (Å²) in [6.07, 6.45) is 1.08. The van der Waals surface area contributed by atoms with E-state index in [-0.39, 0.29) is 5.54 Å². The molecular weight excluding hydrogens is 281 g/mol. The minimum absolute atomic E-state index is 0.0599. The molecule has 0 aliphatic rings. The molecule has 0 N–H and O–H groups in total. The second-order valence-corrected chi connectivity index (χ2v) is 14.4. The first kappa shape index (κ1) is 16.4. The molecular formula is C11H29N4Nb. The van der Waals surface area contributed by atoms with E-state index in [1.807, 2.05) is 0 Å². The quantitative estimate of drug-likeness (QED) is 0.725. The summed E-state index contributed by atoms with van der Waals surface area (Å²) in [6.45, 7) is 6.67. The monoisotopic (exact) mass is 310 g/mol. The topological polar surface area (TPSA) is 22.1 Å². The molecule has 0 aromatic rings. The van der Waals surface area contributed by atoms with Crippen molar-refractivity contribution in [3.05, 3.63) is 0 Å². The number of rotatable bonds is 5. The van der Waals surface area contributed by atoms with Crippen molar-refractivity contribution in [1.82, 2.24) is 9.91 Å². The normalized spacial score (nSPS) is 14.0. The zero-order chi connectivity index (χ0) is 13.1. The van der Waals surface area contributed by atoms with E-state index in [1.165, 1.54) is 0 Å². The van der Waals surface area contributed by atoms with Crippen LogP contribution < -0.4 is 0 Å². The molecule has 98 valence electrons. The Balaban J connectivity index is 5.72. The average molecular weight is 310 g/mol. The van der Waals surface area contributed by atoms with Crippen molar-refractivity contribution in [2.45, 2.75) is 32.7 Å². The van der Waals surface area contributed by atoms with E-state index in [0.717, 1.165) is 6.42 Å². The molecule has 0 unspecified atom stereocenters. The molecule has 0 atom stereocenters. The van der Waals surface area contributed by atoms with Gasteiger partial charge in [0.05, 0.1) is 0 Å². The molecule has 0 heterocycles. The summed E-state index contributed by atoms with van der Waals surface area (Å²) in [6, 6.07) is 0. The SMILES string of the molecule is CCC(C)(C)[N]=[Nb]([N](C)C)([N](C)C)[N](C)C. The van der Waals surface area contributed by atoms with Crippen LogP contribution in [0.15, 0.2) is 3.34 Å². The summed E-state index contributed by atoms with van der Waals surface area (Å²) in [5.41, 5.74) is 0.0599. The molecule has 0 radical (unpaired) electrons. The van der Waals surface area contributed by atoms with Gasteiger partial charge in [0.15, 0.2) is 0 Å². The van der Waals surface area contributed by atoms with Gasteiger partial charge in [0.25, 0.3) is 0 Å². The van der Waals surface area contributed by atoms with Gasteiger partial charge in [0.1, 0.15) is 0 Å². The molecule has 16 heavy (non-hydrogen) atoms. The van der Waals surface area contributed by atoms with Crippen molar-refractivity contribution in [2.75, 3.05) is 42.3 Å². The van der Waals surface area contributed by atoms with E-state index in [9.17, 15) is 0 Å². The van der Waals surface area contributed by atoms with Gasteiger partial charge in [-0.05, 0) is 0 Å². The summed E-state index contributed by atoms with van der Waals surface area (Å²) >= 11 is -2.79. The zero-order valence-corrected chi connectivity index (χ0v) is 14.6. The Kier molecular flexibility index (Phi) is 6.00. The van der Waals surface area contributed by atoms with Crippen LogP contribution in [0.4, 0.5) is 0 Å². The predicted molar refractivity (Wildman–Crippen MR) is 67.9 cm³/mol. The van der Waals surface area contributed by atoms with Crippen LogP contribution in [0.1, 0.15) is 27.2 Å². The predicted octanol–water partition coefficient (Wildman–Crippen LogP) is 1.94. The maximum atomic E-state index is 5.23. The van der Waals surface area contributed by atoms with Crippen molar-refractivity contribution in [1.29, 1.82) is 0 Å². The third kappa shape index (κ3) is 3.45. The Hall–Kier alpha value is 0.420. The van der Waals surface area contributed by atoms with Crippen LogP contribution in [0.2, 0.25) is 0 Å². The summed E-state index contributed by atoms with van der Waals surface area (Å²) in [5.74, 6) is 0. The summed E-state index contributed by atoms with van der Waals surface area (Å²) in [4.78, 5) is 0. The van der Waals surface area contributed by atoms with Crippen molar-refractivity contribution in [3.63, 3.8) is 0 Å². The van der Waals surface area contributed by atoms with Gasteiger partial charge < -0.3 is 0 Å². The molecule has 0 amide bonds. The van der Waals surface area contributed by atoms with E-state index in [1.54, 1.807) is 0 Å². The number of hydrogen-bond donors (Lipinski definition) is 0. The zero-order valence-electron chi connectivity index (χ0n) is 12.4. The Bertz CT molecular complexity index is 241. The third-order valence-electron chi connectivity index (χ3n) is 2.88. The maximum absolute atomic E-state index is 5.23. The van der Waals surface area contributed by atoms with Gasteiger partial charge >= 0.3 is 106 Å². The van der Waals surface area contributed by atoms with Gasteiger partial charge in [0.2, 0.25) is 0 Å². The fourth-order valence-corrected chi connectivity index (χ4v) is 10.5. The molecule has 0 saturated carbocycles. The molecule has 0 aromatic carbocycles. The van der Waals surface area contributed by atoms with Gasteiger partial charge in [0, 0.05) is 0 Å². The molecule has 0 aromatic heterocycles. The van der Waals surface area contributed by atoms with Crippen LogP contribution in [-0.2, 0) is 17.7 Å². The molecule has 0 bridgehead atoms. The summed E-state index contributed by atoms with van der Waals surface area (Å²) in [5, 5.41) is 0. The van der Waals surface area contributed by atoms with Crippen molar-refractivity contribution < 1.29 is 17.7 Å². The van der Waals surface area contributed by atoms with Crippen molar-refractivity contribution in [3.8, 4) is 0 Å². The van der Waals surface area contributed by atoms with Crippen LogP contribution >= 0.6 is 0 Å². The molecule has 5 heteroatoms. The standard InChI is InChI=1S/C5H11N.3C2H6N.Nb/c1-4-5(2,3)6;3*1-3-2;/h4H2,1-3H3;3*1-2H3;/q;3*-1;+3. The van der Waals surface area contributed by atoms with Crippen LogP contribution in [-0.4, -0.2) is 57.7 Å². The summed E-state index contributed by atoms with van der Waals surface area (Å²) in [7, 11) is 12.9. The van der Waals surface area contributed by atoms with E-state index >= 15 is 0 Å². The van der Waals surface area contributed by atoms with E-state index < -0.39 is 17.7 Å². The van der Waals surface area contributed by atoms with E-state index in [0.29, 0.717) is 0 Å². The fourth-order valence-electron chi connectivity index (χ4n) is 1.78. The second-order valence-electron chi connectivity index (χ2n) is 5.34. The first-order valence-corrected chi connectivity index (χ1v) is 9.70. The van der Waals surface area contributed by atoms with Crippen molar-refractivity contribution in [2.24, 2.45) is 3.34 Å². The van der Waals surface area contributed by atoms with Crippen molar-refractivity contribution >= 4 is 0 Å². The minimum atomic E-state index is -2.79. The molecule has 0 aliphatic carbocycles. The van der Waals surface area contributed by atoms with E-state index in [2.05, 4.69) is 73.0 Å².